The van der Waals surface area contributed by atoms with E-state index in [9.17, 15) is 9.46 Å². The zero-order valence-corrected chi connectivity index (χ0v) is 10.2. The highest BCUT2D eigenvalue weighted by atomic mass is 31.1. The lowest BCUT2D eigenvalue weighted by molar-refractivity contribution is -0.159. The number of nitrogens with zero attached hydrogens (tertiary/aromatic N) is 1. The number of hydrogen-bond acceptors (Lipinski definition) is 3. The highest BCUT2D eigenvalue weighted by Gasteiger charge is 2.13. The van der Waals surface area contributed by atoms with Gasteiger partial charge in [0.15, 0.2) is 0 Å². The summed E-state index contributed by atoms with van der Waals surface area (Å²) < 4.78 is 10.8. The summed E-state index contributed by atoms with van der Waals surface area (Å²) in [6.07, 6.45) is 0. The van der Waals surface area contributed by atoms with E-state index in [2.05, 4.69) is 10.3 Å². The van der Waals surface area contributed by atoms with Gasteiger partial charge >= 0.3 is 13.6 Å². The lowest BCUT2D eigenvalue weighted by Crippen LogP contribution is -2.27. The van der Waals surface area contributed by atoms with Gasteiger partial charge in [-0.1, -0.05) is 32.3 Å². The van der Waals surface area contributed by atoms with Crippen LogP contribution >= 0.6 is 8.03 Å². The molecule has 0 aromatic carbocycles. The minimum absolute atomic E-state index is 0.113. The first-order valence-corrected chi connectivity index (χ1v) is 6.04. The lowest BCUT2D eigenvalue weighted by Gasteiger charge is -2.06. The molecule has 1 N–H and O–H groups in total. The van der Waals surface area contributed by atoms with E-state index in [0.29, 0.717) is 24.9 Å². The summed E-state index contributed by atoms with van der Waals surface area (Å²) >= 11 is 0. The fourth-order valence-corrected chi connectivity index (χ4v) is 1.16. The maximum absolute atomic E-state index is 10.8. The van der Waals surface area contributed by atoms with Gasteiger partial charge in [0.25, 0.3) is 0 Å². The fourth-order valence-electron chi connectivity index (χ4n) is 0.743. The fraction of sp³-hybridized carbons (Fsp3) is 0.889. The van der Waals surface area contributed by atoms with Crippen molar-refractivity contribution in [1.82, 2.24) is 5.32 Å². The van der Waals surface area contributed by atoms with Gasteiger partial charge in [-0.3, -0.25) is 0 Å². The molecule has 0 aromatic heterocycles. The summed E-state index contributed by atoms with van der Waals surface area (Å²) in [5, 5.41) is 2.83. The van der Waals surface area contributed by atoms with E-state index in [1.54, 1.807) is 0 Å². The van der Waals surface area contributed by atoms with Crippen molar-refractivity contribution in [1.29, 1.82) is 0 Å². The Morgan fingerprint density at radius 2 is 1.93 bits per heavy atom. The normalized spacial score (nSPS) is 13.6. The molecule has 0 radical (unpaired) electrons. The summed E-state index contributed by atoms with van der Waals surface area (Å²) in [5.41, 5.74) is 0.113. The molecule has 0 fully saturated rings. The predicted molar refractivity (Wildman–Crippen MR) is 57.6 cm³/mol. The minimum Gasteiger partial charge on any atom is -0.588 e. The molecule has 1 unspecified atom stereocenters. The van der Waals surface area contributed by atoms with E-state index in [-0.39, 0.29) is 5.58 Å². The largest absolute Gasteiger partial charge is 0.588 e. The Hall–Kier alpha value is -0.470. The third-order valence-corrected chi connectivity index (χ3v) is 2.09. The molecule has 0 rings (SSSR count). The van der Waals surface area contributed by atoms with Gasteiger partial charge in [0, 0.05) is 13.1 Å². The minimum atomic E-state index is -2.59. The Bertz CT molecular complexity index is 215. The second-order valence-corrected chi connectivity index (χ2v) is 5.03. The van der Waals surface area contributed by atoms with Crippen LogP contribution in [0.4, 0.5) is 0 Å². The summed E-state index contributed by atoms with van der Waals surface area (Å²) in [5.74, 6) is 0.787. The Morgan fingerprint density at radius 1 is 1.36 bits per heavy atom. The van der Waals surface area contributed by atoms with Crippen LogP contribution in [0.15, 0.2) is 4.99 Å². The van der Waals surface area contributed by atoms with Crippen LogP contribution < -0.4 is 10.2 Å². The number of amidine groups is 1. The molecule has 0 saturated heterocycles. The van der Waals surface area contributed by atoms with Gasteiger partial charge in [0.2, 0.25) is 0 Å². The first-order chi connectivity index (χ1) is 6.43. The SMILES string of the molecule is CC(C)CN=C(NCC(C)C)[P+](=O)[O-]. The Morgan fingerprint density at radius 3 is 2.29 bits per heavy atom. The Kier molecular flexibility index (Phi) is 6.67. The zero-order valence-electron chi connectivity index (χ0n) is 9.28. The van der Waals surface area contributed by atoms with Crippen LogP contribution in [0.5, 0.6) is 0 Å². The van der Waals surface area contributed by atoms with Crippen molar-refractivity contribution in [3.63, 3.8) is 0 Å². The third-order valence-electron chi connectivity index (χ3n) is 1.45. The van der Waals surface area contributed by atoms with Gasteiger partial charge in [0.05, 0.1) is 0 Å². The van der Waals surface area contributed by atoms with Crippen LogP contribution in [0.2, 0.25) is 0 Å². The van der Waals surface area contributed by atoms with E-state index in [4.69, 9.17) is 0 Å². The molecule has 0 bridgehead atoms. The molecule has 4 nitrogen and oxygen atoms in total. The topological polar surface area (TPSA) is 64.5 Å². The van der Waals surface area contributed by atoms with Gasteiger partial charge in [-0.25, -0.2) is 4.99 Å². The maximum atomic E-state index is 10.8. The number of rotatable bonds is 5. The van der Waals surface area contributed by atoms with Crippen LogP contribution in [0.3, 0.4) is 0 Å². The van der Waals surface area contributed by atoms with E-state index >= 15 is 0 Å². The van der Waals surface area contributed by atoms with E-state index < -0.39 is 8.03 Å². The Balaban J connectivity index is 4.15. The molecule has 5 heteroatoms. The number of hydrogen-bond donors (Lipinski definition) is 1. The molecule has 0 spiro atoms. The van der Waals surface area contributed by atoms with Crippen molar-refractivity contribution in [3.05, 3.63) is 0 Å². The zero-order chi connectivity index (χ0) is 11.1. The Labute approximate surface area is 86.7 Å². The van der Waals surface area contributed by atoms with Crippen LogP contribution in [-0.4, -0.2) is 18.7 Å². The van der Waals surface area contributed by atoms with Crippen molar-refractivity contribution in [3.8, 4) is 0 Å². The van der Waals surface area contributed by atoms with Crippen molar-refractivity contribution < 1.29 is 9.46 Å². The predicted octanol–water partition coefficient (Wildman–Crippen LogP) is 1.35. The average molecular weight is 218 g/mol. The van der Waals surface area contributed by atoms with E-state index in [0.717, 1.165) is 0 Å². The molecular formula is C9H19N2O2P. The summed E-state index contributed by atoms with van der Waals surface area (Å²) in [6, 6.07) is 0. The molecule has 0 aliphatic heterocycles. The highest BCUT2D eigenvalue weighted by molar-refractivity contribution is 7.57. The smallest absolute Gasteiger partial charge is 0.388 e. The van der Waals surface area contributed by atoms with Gasteiger partial charge in [-0.2, -0.15) is 0 Å². The standard InChI is InChI=1S/C9H19N2O2P/c1-7(2)5-10-9(14(12)13)11-6-8(3)4/h7-8H,5-6H2,1-4H3,(H,10,11). The van der Waals surface area contributed by atoms with Crippen LogP contribution in [-0.2, 0) is 4.57 Å². The highest BCUT2D eigenvalue weighted by Crippen LogP contribution is 2.09. The molecule has 0 aliphatic rings. The molecule has 0 amide bonds. The second kappa shape index (κ2) is 6.91. The van der Waals surface area contributed by atoms with Crippen LogP contribution in [0, 0.1) is 11.8 Å². The second-order valence-electron chi connectivity index (χ2n) is 4.09. The number of nitrogens with one attached hydrogen (secondary N) is 1. The molecule has 0 aliphatic carbocycles. The first kappa shape index (κ1) is 13.5. The maximum Gasteiger partial charge on any atom is 0.388 e. The average Bonchev–Trinajstić information content (AvgIpc) is 2.02. The van der Waals surface area contributed by atoms with E-state index in [1.165, 1.54) is 0 Å². The van der Waals surface area contributed by atoms with Crippen molar-refractivity contribution >= 4 is 13.6 Å². The molecular weight excluding hydrogens is 199 g/mol. The summed E-state index contributed by atoms with van der Waals surface area (Å²) in [4.78, 5) is 14.8. The lowest BCUT2D eigenvalue weighted by atomic mass is 10.2. The molecule has 0 aromatic rings. The van der Waals surface area contributed by atoms with Gasteiger partial charge < -0.3 is 10.2 Å². The third kappa shape index (κ3) is 6.98. The first-order valence-electron chi connectivity index (χ1n) is 4.86. The van der Waals surface area contributed by atoms with Crippen molar-refractivity contribution in [2.24, 2.45) is 16.8 Å². The molecule has 82 valence electrons. The van der Waals surface area contributed by atoms with Crippen LogP contribution in [0.25, 0.3) is 0 Å². The van der Waals surface area contributed by atoms with Gasteiger partial charge in [0.1, 0.15) is 0 Å². The quantitative estimate of drug-likeness (QED) is 0.430. The van der Waals surface area contributed by atoms with Gasteiger partial charge in [-0.15, -0.1) is 0 Å². The molecule has 0 saturated carbocycles. The van der Waals surface area contributed by atoms with E-state index in [1.807, 2.05) is 27.7 Å². The monoisotopic (exact) mass is 218 g/mol. The van der Waals surface area contributed by atoms with Crippen LogP contribution in [0.1, 0.15) is 27.7 Å². The molecule has 1 atom stereocenters. The van der Waals surface area contributed by atoms with Crippen molar-refractivity contribution in [2.45, 2.75) is 27.7 Å². The van der Waals surface area contributed by atoms with Gasteiger partial charge in [-0.05, 0) is 11.8 Å². The number of aliphatic imine (C=N–C) groups is 1. The summed E-state index contributed by atoms with van der Waals surface area (Å²) in [7, 11) is -2.59. The molecule has 0 heterocycles. The summed E-state index contributed by atoms with van der Waals surface area (Å²) in [6.45, 7) is 9.22. The van der Waals surface area contributed by atoms with Crippen molar-refractivity contribution in [2.75, 3.05) is 13.1 Å². The molecule has 14 heavy (non-hydrogen) atoms.